The Morgan fingerprint density at radius 1 is 1.24 bits per heavy atom. The van der Waals surface area contributed by atoms with Gasteiger partial charge < -0.3 is 9.47 Å². The number of carbonyl (C=O) groups excluding carboxylic acids is 3. The summed E-state index contributed by atoms with van der Waals surface area (Å²) in [7, 11) is 1.53. The van der Waals surface area contributed by atoms with Gasteiger partial charge >= 0.3 is 5.97 Å². The molecule has 0 aromatic heterocycles. The fourth-order valence-corrected chi connectivity index (χ4v) is 4.24. The Kier molecular flexibility index (Phi) is 2.23. The molecule has 0 amide bonds. The average molecular weight is 286 g/mol. The fourth-order valence-electron chi connectivity index (χ4n) is 4.24. The van der Waals surface area contributed by atoms with Crippen molar-refractivity contribution in [3.63, 3.8) is 0 Å². The molecule has 0 spiro atoms. The zero-order valence-electron chi connectivity index (χ0n) is 11.6. The van der Waals surface area contributed by atoms with E-state index >= 15 is 0 Å². The number of ether oxygens (including phenoxy) is 2. The summed E-state index contributed by atoms with van der Waals surface area (Å²) in [6.45, 7) is 0.0398. The van der Waals surface area contributed by atoms with Crippen LogP contribution in [0.1, 0.15) is 35.2 Å². The summed E-state index contributed by atoms with van der Waals surface area (Å²) in [5.41, 5.74) is -0.881. The first-order chi connectivity index (χ1) is 10.0. The highest BCUT2D eigenvalue weighted by Crippen LogP contribution is 2.62. The molecule has 1 aromatic rings. The van der Waals surface area contributed by atoms with Gasteiger partial charge in [0.1, 0.15) is 23.6 Å². The maximum Gasteiger partial charge on any atom is 0.314 e. The zero-order valence-corrected chi connectivity index (χ0v) is 11.6. The number of ketones is 2. The summed E-state index contributed by atoms with van der Waals surface area (Å²) in [6.07, 6.45) is 0.781. The zero-order chi connectivity index (χ0) is 14.8. The number of benzene rings is 1. The Morgan fingerprint density at radius 3 is 2.81 bits per heavy atom. The predicted molar refractivity (Wildman–Crippen MR) is 71.3 cm³/mol. The smallest absolute Gasteiger partial charge is 0.314 e. The minimum Gasteiger partial charge on any atom is -0.497 e. The lowest BCUT2D eigenvalue weighted by atomic mass is 9.56. The van der Waals surface area contributed by atoms with Crippen molar-refractivity contribution in [2.24, 2.45) is 5.41 Å². The standard InChI is InChI=1S/C16H14O5/c1-20-9-2-3-10-11(6-9)16-8-21-14(19)15(16,7-12(10)17)5-4-13(16)18/h2-3,6H,4-5,7-8H2,1H3/t15-,16-/m0/s1. The number of rotatable bonds is 1. The van der Waals surface area contributed by atoms with Crippen LogP contribution >= 0.6 is 0 Å². The van der Waals surface area contributed by atoms with E-state index in [0.717, 1.165) is 0 Å². The van der Waals surface area contributed by atoms with Crippen LogP contribution in [0.4, 0.5) is 0 Å². The maximum atomic E-state index is 12.6. The van der Waals surface area contributed by atoms with E-state index in [2.05, 4.69) is 0 Å². The van der Waals surface area contributed by atoms with Crippen LogP contribution in [0.3, 0.4) is 0 Å². The van der Waals surface area contributed by atoms with E-state index in [1.54, 1.807) is 18.2 Å². The molecule has 108 valence electrons. The van der Waals surface area contributed by atoms with Crippen LogP contribution in [0.15, 0.2) is 18.2 Å². The van der Waals surface area contributed by atoms with Gasteiger partial charge in [0, 0.05) is 18.4 Å². The van der Waals surface area contributed by atoms with Crippen LogP contribution in [0, 0.1) is 5.41 Å². The minimum absolute atomic E-state index is 0.00430. The molecule has 1 aliphatic heterocycles. The third-order valence-electron chi connectivity index (χ3n) is 5.33. The van der Waals surface area contributed by atoms with Crippen LogP contribution in [-0.4, -0.2) is 31.3 Å². The summed E-state index contributed by atoms with van der Waals surface area (Å²) >= 11 is 0. The van der Waals surface area contributed by atoms with Gasteiger partial charge in [-0.05, 0) is 30.2 Å². The molecule has 0 N–H and O–H groups in total. The third-order valence-corrected chi connectivity index (χ3v) is 5.33. The molecule has 4 rings (SSSR count). The second kappa shape index (κ2) is 3.72. The van der Waals surface area contributed by atoms with Gasteiger partial charge in [-0.1, -0.05) is 0 Å². The quantitative estimate of drug-likeness (QED) is 0.730. The number of hydrogen-bond donors (Lipinski definition) is 0. The molecule has 2 atom stereocenters. The third kappa shape index (κ3) is 1.21. The lowest BCUT2D eigenvalue weighted by Gasteiger charge is -2.39. The molecular weight excluding hydrogens is 272 g/mol. The van der Waals surface area contributed by atoms with E-state index in [-0.39, 0.29) is 24.6 Å². The Bertz CT molecular complexity index is 707. The van der Waals surface area contributed by atoms with Gasteiger partial charge in [0.15, 0.2) is 5.78 Å². The van der Waals surface area contributed by atoms with Crippen LogP contribution < -0.4 is 4.74 Å². The first-order valence-corrected chi connectivity index (χ1v) is 6.97. The molecule has 5 nitrogen and oxygen atoms in total. The molecule has 2 aliphatic carbocycles. The summed E-state index contributed by atoms with van der Waals surface area (Å²) in [5.74, 6) is 0.0631. The Morgan fingerprint density at radius 2 is 2.05 bits per heavy atom. The van der Waals surface area contributed by atoms with E-state index < -0.39 is 16.8 Å². The van der Waals surface area contributed by atoms with Gasteiger partial charge in [0.05, 0.1) is 12.5 Å². The van der Waals surface area contributed by atoms with E-state index in [9.17, 15) is 14.4 Å². The molecular formula is C16H14O5. The van der Waals surface area contributed by atoms with Gasteiger partial charge in [-0.15, -0.1) is 0 Å². The number of fused-ring (bicyclic) bond motifs is 1. The highest BCUT2D eigenvalue weighted by molar-refractivity contribution is 6.12. The largest absolute Gasteiger partial charge is 0.497 e. The van der Waals surface area contributed by atoms with Crippen LogP contribution in [0.2, 0.25) is 0 Å². The second-order valence-corrected chi connectivity index (χ2v) is 6.00. The summed E-state index contributed by atoms with van der Waals surface area (Å²) < 4.78 is 10.5. The normalized spacial score (nSPS) is 33.3. The molecule has 1 saturated heterocycles. The van der Waals surface area contributed by atoms with Gasteiger partial charge in [0.25, 0.3) is 0 Å². The van der Waals surface area contributed by atoms with E-state index in [1.807, 2.05) is 0 Å². The molecule has 1 heterocycles. The van der Waals surface area contributed by atoms with Crippen molar-refractivity contribution < 1.29 is 23.9 Å². The van der Waals surface area contributed by atoms with Crippen LogP contribution in [0.25, 0.3) is 0 Å². The highest BCUT2D eigenvalue weighted by Gasteiger charge is 2.73. The molecule has 0 unspecified atom stereocenters. The highest BCUT2D eigenvalue weighted by atomic mass is 16.5. The van der Waals surface area contributed by atoms with E-state index in [4.69, 9.17) is 9.47 Å². The molecule has 21 heavy (non-hydrogen) atoms. The van der Waals surface area contributed by atoms with Gasteiger partial charge in [0.2, 0.25) is 0 Å². The molecule has 2 fully saturated rings. The SMILES string of the molecule is COc1ccc2c(c1)[C@]13COC(=O)[C@]1(CCC3=O)CC2=O. The molecule has 0 bridgehead atoms. The van der Waals surface area contributed by atoms with Gasteiger partial charge in [-0.25, -0.2) is 0 Å². The van der Waals surface area contributed by atoms with Crippen molar-refractivity contribution in [1.29, 1.82) is 0 Å². The fraction of sp³-hybridized carbons (Fsp3) is 0.438. The minimum atomic E-state index is -0.999. The Balaban J connectivity index is 2.06. The number of esters is 1. The summed E-state index contributed by atoms with van der Waals surface area (Å²) in [4.78, 5) is 37.4. The van der Waals surface area contributed by atoms with Crippen LogP contribution in [0.5, 0.6) is 5.75 Å². The van der Waals surface area contributed by atoms with Crippen molar-refractivity contribution in [1.82, 2.24) is 0 Å². The first-order valence-electron chi connectivity index (χ1n) is 6.97. The van der Waals surface area contributed by atoms with Gasteiger partial charge in [-0.3, -0.25) is 14.4 Å². The van der Waals surface area contributed by atoms with Crippen molar-refractivity contribution in [2.75, 3.05) is 13.7 Å². The molecule has 5 heteroatoms. The van der Waals surface area contributed by atoms with Gasteiger partial charge in [-0.2, -0.15) is 0 Å². The average Bonchev–Trinajstić information content (AvgIpc) is 2.95. The lowest BCUT2D eigenvalue weighted by molar-refractivity contribution is -0.146. The molecule has 1 saturated carbocycles. The first kappa shape index (κ1) is 12.6. The maximum absolute atomic E-state index is 12.6. The van der Waals surface area contributed by atoms with Crippen molar-refractivity contribution in [3.8, 4) is 5.75 Å². The molecule has 0 radical (unpaired) electrons. The molecule has 1 aromatic carbocycles. The van der Waals surface area contributed by atoms with Crippen molar-refractivity contribution >= 4 is 17.5 Å². The lowest BCUT2D eigenvalue weighted by Crippen LogP contribution is -2.51. The van der Waals surface area contributed by atoms with Crippen molar-refractivity contribution in [3.05, 3.63) is 29.3 Å². The Labute approximate surface area is 121 Å². The summed E-state index contributed by atoms with van der Waals surface area (Å²) in [6, 6.07) is 5.10. The monoisotopic (exact) mass is 286 g/mol. The second-order valence-electron chi connectivity index (χ2n) is 6.00. The van der Waals surface area contributed by atoms with E-state index in [0.29, 0.717) is 29.7 Å². The topological polar surface area (TPSA) is 69.7 Å². The number of cyclic esters (lactones) is 1. The number of Topliss-reactive ketones (excluding diaryl/α,β-unsaturated/α-hetero) is 2. The molecule has 3 aliphatic rings. The number of methoxy groups -OCH3 is 1. The number of hydrogen-bond acceptors (Lipinski definition) is 5. The van der Waals surface area contributed by atoms with Crippen LogP contribution in [-0.2, 0) is 19.7 Å². The Hall–Kier alpha value is -2.17. The van der Waals surface area contributed by atoms with Crippen molar-refractivity contribution in [2.45, 2.75) is 24.7 Å². The van der Waals surface area contributed by atoms with E-state index in [1.165, 1.54) is 7.11 Å². The number of carbonyl (C=O) groups is 3. The summed E-state index contributed by atoms with van der Waals surface area (Å²) in [5, 5.41) is 0. The predicted octanol–water partition coefficient (Wildman–Crippen LogP) is 1.43.